The van der Waals surface area contributed by atoms with Crippen molar-refractivity contribution in [3.63, 3.8) is 0 Å². The molecule has 0 saturated heterocycles. The van der Waals surface area contributed by atoms with Gasteiger partial charge in [0.2, 0.25) is 0 Å². The van der Waals surface area contributed by atoms with E-state index in [1.54, 1.807) is 18.2 Å². The molecule has 0 heterocycles. The molecule has 0 aliphatic rings. The van der Waals surface area contributed by atoms with Crippen molar-refractivity contribution in [1.29, 1.82) is 0 Å². The molecule has 0 saturated carbocycles. The normalized spacial score (nSPS) is 13.7. The number of rotatable bonds is 4. The lowest BCUT2D eigenvalue weighted by molar-refractivity contribution is -0.152. The Bertz CT molecular complexity index is 667. The second kappa shape index (κ2) is 6.53. The monoisotopic (exact) mass is 362 g/mol. The van der Waals surface area contributed by atoms with E-state index in [2.05, 4.69) is 15.9 Å². The van der Waals surface area contributed by atoms with E-state index in [0.29, 0.717) is 4.47 Å². The molecule has 0 aliphatic carbocycles. The number of hydrogen-bond acceptors (Lipinski definition) is 3. The molecule has 0 amide bonds. The van der Waals surface area contributed by atoms with Gasteiger partial charge < -0.3 is 9.84 Å². The average Bonchev–Trinajstić information content (AvgIpc) is 2.46. The van der Waals surface area contributed by atoms with Gasteiger partial charge in [0.05, 0.1) is 6.10 Å². The van der Waals surface area contributed by atoms with E-state index in [1.807, 2.05) is 51.1 Å². The van der Waals surface area contributed by atoms with Crippen molar-refractivity contribution >= 4 is 21.9 Å². The van der Waals surface area contributed by atoms with E-state index < -0.39 is 5.41 Å². The fraction of sp³-hybridized carbons (Fsp3) is 0.278. The first-order chi connectivity index (χ1) is 10.4. The van der Waals surface area contributed by atoms with Crippen molar-refractivity contribution in [1.82, 2.24) is 0 Å². The number of carbonyl (C=O) groups excluding carboxylic acids is 1. The van der Waals surface area contributed by atoms with E-state index in [1.165, 1.54) is 0 Å². The van der Waals surface area contributed by atoms with Crippen molar-refractivity contribution in [2.24, 2.45) is 0 Å². The maximum atomic E-state index is 12.8. The van der Waals surface area contributed by atoms with Crippen molar-refractivity contribution < 1.29 is 14.6 Å². The summed E-state index contributed by atoms with van der Waals surface area (Å²) in [5, 5.41) is 9.61. The zero-order chi connectivity index (χ0) is 16.3. The minimum absolute atomic E-state index is 0.142. The van der Waals surface area contributed by atoms with Crippen molar-refractivity contribution in [3.05, 3.63) is 64.1 Å². The van der Waals surface area contributed by atoms with Crippen LogP contribution in [-0.2, 0) is 14.9 Å². The average molecular weight is 363 g/mol. The number of halogens is 1. The van der Waals surface area contributed by atoms with Crippen LogP contribution in [0, 0.1) is 0 Å². The van der Waals surface area contributed by atoms with Crippen LogP contribution in [0.5, 0.6) is 5.75 Å². The molecular weight excluding hydrogens is 344 g/mol. The van der Waals surface area contributed by atoms with E-state index in [4.69, 9.17) is 4.74 Å². The molecule has 2 rings (SSSR count). The van der Waals surface area contributed by atoms with Gasteiger partial charge in [0.1, 0.15) is 11.2 Å². The minimum Gasteiger partial charge on any atom is -0.508 e. The van der Waals surface area contributed by atoms with Gasteiger partial charge in [-0.15, -0.1) is 0 Å². The zero-order valence-corrected chi connectivity index (χ0v) is 14.4. The predicted molar refractivity (Wildman–Crippen MR) is 89.9 cm³/mol. The summed E-state index contributed by atoms with van der Waals surface area (Å²) in [6, 6.07) is 14.4. The molecule has 116 valence electrons. The van der Waals surface area contributed by atoms with Gasteiger partial charge in [-0.1, -0.05) is 52.3 Å². The van der Waals surface area contributed by atoms with Gasteiger partial charge in [-0.3, -0.25) is 4.79 Å². The quantitative estimate of drug-likeness (QED) is 0.819. The Hall–Kier alpha value is -1.81. The van der Waals surface area contributed by atoms with Gasteiger partial charge in [-0.05, 0) is 44.0 Å². The highest BCUT2D eigenvalue weighted by Gasteiger charge is 2.40. The van der Waals surface area contributed by atoms with E-state index >= 15 is 0 Å². The fourth-order valence-electron chi connectivity index (χ4n) is 2.40. The van der Waals surface area contributed by atoms with Crippen LogP contribution in [0.1, 0.15) is 31.9 Å². The molecule has 0 radical (unpaired) electrons. The molecule has 1 N–H and O–H groups in total. The number of hydrogen-bond donors (Lipinski definition) is 1. The number of ether oxygens (including phenoxy) is 1. The van der Waals surface area contributed by atoms with Gasteiger partial charge >= 0.3 is 5.97 Å². The number of benzene rings is 2. The molecule has 1 unspecified atom stereocenters. The van der Waals surface area contributed by atoms with Gasteiger partial charge in [0, 0.05) is 4.47 Å². The topological polar surface area (TPSA) is 46.5 Å². The molecule has 4 heteroatoms. The molecule has 0 aliphatic heterocycles. The summed E-state index contributed by atoms with van der Waals surface area (Å²) in [5.74, 6) is -0.177. The predicted octanol–water partition coefficient (Wildman–Crippen LogP) is 4.41. The molecular formula is C18H19BrO3. The molecule has 0 aromatic heterocycles. The number of esters is 1. The Morgan fingerprint density at radius 1 is 1.18 bits per heavy atom. The first kappa shape index (κ1) is 16.6. The lowest BCUT2D eigenvalue weighted by Crippen LogP contribution is -2.37. The fourth-order valence-corrected chi connectivity index (χ4v) is 3.16. The second-order valence-electron chi connectivity index (χ2n) is 5.61. The standard InChI is InChI=1S/C18H19BrO3/c1-12(2)22-17(21)18(3,13-7-5-4-6-8-13)15-10-9-14(20)11-16(15)19/h4-12,20H,1-3H3. The van der Waals surface area contributed by atoms with Crippen LogP contribution in [-0.4, -0.2) is 17.2 Å². The summed E-state index contributed by atoms with van der Waals surface area (Å²) in [6.07, 6.45) is -0.202. The van der Waals surface area contributed by atoms with Crippen molar-refractivity contribution in [2.75, 3.05) is 0 Å². The maximum Gasteiger partial charge on any atom is 0.321 e. The Labute approximate surface area is 139 Å². The van der Waals surface area contributed by atoms with Gasteiger partial charge in [-0.2, -0.15) is 0 Å². The highest BCUT2D eigenvalue weighted by molar-refractivity contribution is 9.10. The summed E-state index contributed by atoms with van der Waals surface area (Å²) in [7, 11) is 0. The smallest absolute Gasteiger partial charge is 0.321 e. The molecule has 3 nitrogen and oxygen atoms in total. The molecule has 1 atom stereocenters. The summed E-state index contributed by atoms with van der Waals surface area (Å²) < 4.78 is 6.15. The van der Waals surface area contributed by atoms with Gasteiger partial charge in [0.15, 0.2) is 0 Å². The maximum absolute atomic E-state index is 12.8. The lowest BCUT2D eigenvalue weighted by atomic mass is 9.76. The highest BCUT2D eigenvalue weighted by atomic mass is 79.9. The summed E-state index contributed by atoms with van der Waals surface area (Å²) in [5.41, 5.74) is 0.632. The van der Waals surface area contributed by atoms with Crippen LogP contribution in [0.3, 0.4) is 0 Å². The summed E-state index contributed by atoms with van der Waals surface area (Å²) >= 11 is 3.45. The van der Waals surface area contributed by atoms with Crippen LogP contribution in [0.4, 0.5) is 0 Å². The molecule has 22 heavy (non-hydrogen) atoms. The number of phenols is 1. The van der Waals surface area contributed by atoms with Crippen molar-refractivity contribution in [2.45, 2.75) is 32.3 Å². The molecule has 0 fully saturated rings. The first-order valence-corrected chi connectivity index (χ1v) is 7.90. The minimum atomic E-state index is -0.960. The first-order valence-electron chi connectivity index (χ1n) is 7.11. The van der Waals surface area contributed by atoms with Crippen LogP contribution < -0.4 is 0 Å². The Kier molecular flexibility index (Phi) is 4.91. The van der Waals surface area contributed by atoms with Gasteiger partial charge in [-0.25, -0.2) is 0 Å². The molecule has 2 aromatic rings. The highest BCUT2D eigenvalue weighted by Crippen LogP contribution is 2.39. The summed E-state index contributed by atoms with van der Waals surface area (Å²) in [4.78, 5) is 12.8. The third-order valence-corrected chi connectivity index (χ3v) is 4.25. The Morgan fingerprint density at radius 2 is 1.82 bits per heavy atom. The van der Waals surface area contributed by atoms with E-state index in [9.17, 15) is 9.90 Å². The number of phenolic OH excluding ortho intramolecular Hbond substituents is 1. The number of aromatic hydroxyl groups is 1. The Balaban J connectivity index is 2.62. The third-order valence-electron chi connectivity index (χ3n) is 3.59. The lowest BCUT2D eigenvalue weighted by Gasteiger charge is -2.30. The molecule has 2 aromatic carbocycles. The summed E-state index contributed by atoms with van der Waals surface area (Å²) in [6.45, 7) is 5.49. The van der Waals surface area contributed by atoms with Crippen LogP contribution in [0.15, 0.2) is 53.0 Å². The molecule has 0 spiro atoms. The zero-order valence-electron chi connectivity index (χ0n) is 12.8. The number of carbonyl (C=O) groups is 1. The van der Waals surface area contributed by atoms with Crippen LogP contribution in [0.25, 0.3) is 0 Å². The van der Waals surface area contributed by atoms with Crippen LogP contribution >= 0.6 is 15.9 Å². The third kappa shape index (κ3) is 3.17. The van der Waals surface area contributed by atoms with Gasteiger partial charge in [0.25, 0.3) is 0 Å². The van der Waals surface area contributed by atoms with E-state index in [0.717, 1.165) is 11.1 Å². The Morgan fingerprint density at radius 3 is 2.36 bits per heavy atom. The SMILES string of the molecule is CC(C)OC(=O)C(C)(c1ccccc1)c1ccc(O)cc1Br. The van der Waals surface area contributed by atoms with Crippen LogP contribution in [0.2, 0.25) is 0 Å². The van der Waals surface area contributed by atoms with Crippen molar-refractivity contribution in [3.8, 4) is 5.75 Å². The molecule has 0 bridgehead atoms. The van der Waals surface area contributed by atoms with E-state index in [-0.39, 0.29) is 17.8 Å². The second-order valence-corrected chi connectivity index (χ2v) is 6.46. The largest absolute Gasteiger partial charge is 0.508 e.